The zero-order valence-electron chi connectivity index (χ0n) is 27.6. The van der Waals surface area contributed by atoms with Gasteiger partial charge in [0.2, 0.25) is 35.4 Å². The molecule has 0 fully saturated rings. The normalized spacial score (nSPS) is 10.1. The van der Waals surface area contributed by atoms with Gasteiger partial charge in [-0.05, 0) is 6.92 Å². The summed E-state index contributed by atoms with van der Waals surface area (Å²) in [6, 6.07) is 0. The van der Waals surface area contributed by atoms with Crippen molar-refractivity contribution in [3.63, 3.8) is 0 Å². The van der Waals surface area contributed by atoms with Gasteiger partial charge >= 0.3 is 11.9 Å². The van der Waals surface area contributed by atoms with Crippen LogP contribution in [0, 0.1) is 0 Å². The predicted molar refractivity (Wildman–Crippen MR) is 163 cm³/mol. The van der Waals surface area contributed by atoms with Crippen molar-refractivity contribution >= 4 is 64.7 Å². The Morgan fingerprint density at radius 1 is 0.479 bits per heavy atom. The molecule has 0 aliphatic heterocycles. The predicted octanol–water partition coefficient (Wildman–Crippen LogP) is -3.46. The summed E-state index contributed by atoms with van der Waals surface area (Å²) in [6.45, 7) is -0.437. The summed E-state index contributed by atoms with van der Waals surface area (Å²) in [5.74, 6) is -7.07. The maximum absolute atomic E-state index is 12.7. The van der Waals surface area contributed by atoms with Gasteiger partial charge in [-0.3, -0.25) is 52.7 Å². The van der Waals surface area contributed by atoms with Crippen LogP contribution in [0.1, 0.15) is 52.4 Å². The maximum Gasteiger partial charge on any atom is 0.325 e. The molecule has 48 heavy (non-hydrogen) atoms. The molecular weight excluding hydrogens is 640 g/mol. The van der Waals surface area contributed by atoms with E-state index in [2.05, 4.69) is 30.7 Å². The van der Waals surface area contributed by atoms with Crippen LogP contribution in [-0.2, 0) is 62.2 Å². The van der Waals surface area contributed by atoms with E-state index in [9.17, 15) is 52.7 Å². The Morgan fingerprint density at radius 2 is 0.854 bits per heavy atom. The van der Waals surface area contributed by atoms with Gasteiger partial charge in [0.15, 0.2) is 17.3 Å². The number of nitrogens with zero attached hydrogens (tertiary/aromatic N) is 2. The van der Waals surface area contributed by atoms with Crippen LogP contribution in [0.4, 0.5) is 0 Å². The first-order valence-corrected chi connectivity index (χ1v) is 14.9. The summed E-state index contributed by atoms with van der Waals surface area (Å²) in [5.41, 5.74) is 0. The average Bonchev–Trinajstić information content (AvgIpc) is 3.04. The van der Waals surface area contributed by atoms with Crippen LogP contribution in [0.5, 0.6) is 0 Å². The number of Topliss-reactive ketones (excluding diaryl/α,β-unsaturated/α-hetero) is 3. The van der Waals surface area contributed by atoms with Gasteiger partial charge in [0.1, 0.15) is 26.2 Å². The molecule has 0 saturated heterocycles. The second-order valence-electron chi connectivity index (χ2n) is 10.2. The van der Waals surface area contributed by atoms with Gasteiger partial charge in [-0.2, -0.15) is 0 Å². The fraction of sp³-hybridized carbons (Fsp3) is 0.621. The molecule has 0 bridgehead atoms. The van der Waals surface area contributed by atoms with Crippen molar-refractivity contribution in [2.75, 3.05) is 66.6 Å². The molecule has 4 N–H and O–H groups in total. The number of amides is 6. The molecule has 268 valence electrons. The first kappa shape index (κ1) is 42.8. The molecule has 0 rings (SSSR count). The Hall–Kier alpha value is -5.23. The fourth-order valence-corrected chi connectivity index (χ4v) is 3.59. The molecule has 0 aliphatic rings. The number of esters is 2. The molecule has 0 unspecified atom stereocenters. The Bertz CT molecular complexity index is 1220. The molecule has 6 amide bonds. The molecule has 19 nitrogen and oxygen atoms in total. The minimum atomic E-state index is -0.851. The van der Waals surface area contributed by atoms with E-state index in [1.165, 1.54) is 6.92 Å². The minimum absolute atomic E-state index is 0.0574. The number of hydrogen-bond acceptors (Lipinski definition) is 13. The van der Waals surface area contributed by atoms with Crippen LogP contribution in [0.3, 0.4) is 0 Å². The van der Waals surface area contributed by atoms with Crippen molar-refractivity contribution < 1.29 is 62.2 Å². The van der Waals surface area contributed by atoms with Crippen molar-refractivity contribution in [3.8, 4) is 0 Å². The maximum atomic E-state index is 12.7. The van der Waals surface area contributed by atoms with Gasteiger partial charge in [-0.15, -0.1) is 0 Å². The third-order valence-electron chi connectivity index (χ3n) is 6.21. The molecule has 0 aromatic heterocycles. The van der Waals surface area contributed by atoms with Crippen molar-refractivity contribution in [2.24, 2.45) is 0 Å². The highest BCUT2D eigenvalue weighted by Gasteiger charge is 2.24. The van der Waals surface area contributed by atoms with E-state index in [1.807, 2.05) is 0 Å². The Balaban J connectivity index is 4.96. The molecule has 0 radical (unpaired) electrons. The summed E-state index contributed by atoms with van der Waals surface area (Å²) in [4.78, 5) is 134. The largest absolute Gasteiger partial charge is 0.468 e. The highest BCUT2D eigenvalue weighted by atomic mass is 16.5. The van der Waals surface area contributed by atoms with Crippen molar-refractivity contribution in [2.45, 2.75) is 52.4 Å². The molecule has 0 saturated carbocycles. The third kappa shape index (κ3) is 20.7. The molecule has 19 heteroatoms. The lowest BCUT2D eigenvalue weighted by Crippen LogP contribution is -2.45. The van der Waals surface area contributed by atoms with Crippen LogP contribution in [0.25, 0.3) is 0 Å². The summed E-state index contributed by atoms with van der Waals surface area (Å²) in [5, 5.41) is 9.40. The number of nitrogens with one attached hydrogen (secondary N) is 4. The average molecular weight is 685 g/mol. The molecule has 0 aliphatic carbocycles. The Morgan fingerprint density at radius 3 is 1.21 bits per heavy atom. The standard InChI is InChI=1S/C29H44N6O13/c1-5-30-23(40)9-6-20(37)13-32-24(41)15-35(18-29(46)48-4)27(44)11-8-22(39)14-33-25(42)16-34(17-28(45)47-3)26(43)10-7-21(38)12-31-19(2)36/h5-18H2,1-4H3,(H,30,40)(H,31,36)(H,32,41)(H,33,42). The van der Waals surface area contributed by atoms with Crippen LogP contribution >= 0.6 is 0 Å². The number of ether oxygens (including phenoxy) is 2. The van der Waals surface area contributed by atoms with E-state index in [-0.39, 0.29) is 38.1 Å². The lowest BCUT2D eigenvalue weighted by atomic mass is 10.2. The topological polar surface area (TPSA) is 261 Å². The smallest absolute Gasteiger partial charge is 0.325 e. The molecule has 0 atom stereocenters. The van der Waals surface area contributed by atoms with Gasteiger partial charge in [0, 0.05) is 52.0 Å². The van der Waals surface area contributed by atoms with E-state index in [1.54, 1.807) is 6.92 Å². The third-order valence-corrected chi connectivity index (χ3v) is 6.21. The number of ketones is 3. The van der Waals surface area contributed by atoms with Crippen LogP contribution in [0.15, 0.2) is 0 Å². The molecule has 0 heterocycles. The van der Waals surface area contributed by atoms with E-state index in [4.69, 9.17) is 0 Å². The van der Waals surface area contributed by atoms with Crippen molar-refractivity contribution in [1.82, 2.24) is 31.1 Å². The van der Waals surface area contributed by atoms with E-state index in [0.29, 0.717) is 6.54 Å². The lowest BCUT2D eigenvalue weighted by Gasteiger charge is -2.21. The summed E-state index contributed by atoms with van der Waals surface area (Å²) in [7, 11) is 2.14. The first-order chi connectivity index (χ1) is 22.6. The highest BCUT2D eigenvalue weighted by Crippen LogP contribution is 2.03. The van der Waals surface area contributed by atoms with Gasteiger partial charge in [0.25, 0.3) is 0 Å². The van der Waals surface area contributed by atoms with Gasteiger partial charge < -0.3 is 40.5 Å². The summed E-state index contributed by atoms with van der Waals surface area (Å²) in [6.07, 6.45) is -1.66. The van der Waals surface area contributed by atoms with Crippen molar-refractivity contribution in [3.05, 3.63) is 0 Å². The van der Waals surface area contributed by atoms with E-state index in [0.717, 1.165) is 24.0 Å². The minimum Gasteiger partial charge on any atom is -0.468 e. The number of hydrogen-bond donors (Lipinski definition) is 4. The molecule has 0 aromatic rings. The number of carbonyl (C=O) groups is 11. The highest BCUT2D eigenvalue weighted by molar-refractivity contribution is 5.95. The molecular formula is C29H44N6O13. The van der Waals surface area contributed by atoms with Gasteiger partial charge in [-0.25, -0.2) is 0 Å². The molecule has 0 aromatic carbocycles. The van der Waals surface area contributed by atoms with Crippen LogP contribution in [0.2, 0.25) is 0 Å². The van der Waals surface area contributed by atoms with Gasteiger partial charge in [-0.1, -0.05) is 0 Å². The summed E-state index contributed by atoms with van der Waals surface area (Å²) < 4.78 is 9.07. The second-order valence-corrected chi connectivity index (χ2v) is 10.2. The van der Waals surface area contributed by atoms with Crippen LogP contribution in [-0.4, -0.2) is 141 Å². The van der Waals surface area contributed by atoms with Gasteiger partial charge in [0.05, 0.1) is 33.9 Å². The first-order valence-electron chi connectivity index (χ1n) is 14.9. The van der Waals surface area contributed by atoms with Crippen LogP contribution < -0.4 is 21.3 Å². The zero-order valence-corrected chi connectivity index (χ0v) is 27.6. The summed E-state index contributed by atoms with van der Waals surface area (Å²) >= 11 is 0. The quantitative estimate of drug-likeness (QED) is 0.0722. The monoisotopic (exact) mass is 684 g/mol. The lowest BCUT2D eigenvalue weighted by molar-refractivity contribution is -0.148. The van der Waals surface area contributed by atoms with E-state index >= 15 is 0 Å². The van der Waals surface area contributed by atoms with E-state index < -0.39 is 111 Å². The van der Waals surface area contributed by atoms with Crippen molar-refractivity contribution in [1.29, 1.82) is 0 Å². The Kier molecular flexibility index (Phi) is 21.4. The molecule has 0 spiro atoms. The number of rotatable bonds is 24. The SMILES string of the molecule is CCNC(=O)CCC(=O)CNC(=O)CN(CC(=O)OC)C(=O)CCC(=O)CNC(=O)CN(CC(=O)OC)C(=O)CCC(=O)CNC(C)=O. The Labute approximate surface area is 277 Å². The number of carbonyl (C=O) groups excluding carboxylic acids is 11. The number of methoxy groups -OCH3 is 2. The zero-order chi connectivity index (χ0) is 36.6. The fourth-order valence-electron chi connectivity index (χ4n) is 3.59. The second kappa shape index (κ2) is 24.0.